The van der Waals surface area contributed by atoms with Gasteiger partial charge in [-0.15, -0.1) is 0 Å². The summed E-state index contributed by atoms with van der Waals surface area (Å²) in [6.45, 7) is 6.83. The van der Waals surface area contributed by atoms with Gasteiger partial charge in [-0.1, -0.05) is 6.07 Å². The normalized spacial score (nSPS) is 17.8. The lowest BCUT2D eigenvalue weighted by Gasteiger charge is -2.28. The molecule has 1 atom stereocenters. The second-order valence-corrected chi connectivity index (χ2v) is 7.48. The van der Waals surface area contributed by atoms with Crippen LogP contribution in [0.4, 0.5) is 14.9 Å². The van der Waals surface area contributed by atoms with Crippen LogP contribution in [0.25, 0.3) is 10.9 Å². The van der Waals surface area contributed by atoms with Crippen molar-refractivity contribution in [3.05, 3.63) is 36.3 Å². The van der Waals surface area contributed by atoms with Crippen LogP contribution in [0.1, 0.15) is 27.2 Å². The summed E-state index contributed by atoms with van der Waals surface area (Å²) < 4.78 is 19.1. The van der Waals surface area contributed by atoms with Gasteiger partial charge < -0.3 is 14.5 Å². The van der Waals surface area contributed by atoms with Crippen molar-refractivity contribution >= 4 is 22.7 Å². The number of rotatable bonds is 2. The summed E-state index contributed by atoms with van der Waals surface area (Å²) >= 11 is 0. The van der Waals surface area contributed by atoms with Crippen molar-refractivity contribution < 1.29 is 13.9 Å². The van der Waals surface area contributed by atoms with E-state index in [2.05, 4.69) is 9.88 Å². The molecule has 1 fully saturated rings. The molecule has 1 aromatic heterocycles. The molecule has 1 aliphatic rings. The standard InChI is InChI=1S/C19H24FN3O2/c1-19(2,3)25-18(24)23-9-8-14(12-23)22(4)17-7-5-6-16-15(17)10-13(20)11-21-16/h5-7,10-11,14H,8-9,12H2,1-4H3. The fourth-order valence-corrected chi connectivity index (χ4v) is 3.16. The number of fused-ring (bicyclic) bond motifs is 1. The molecule has 1 saturated heterocycles. The number of hydrogen-bond acceptors (Lipinski definition) is 4. The third-order valence-electron chi connectivity index (χ3n) is 4.41. The van der Waals surface area contributed by atoms with E-state index in [1.807, 2.05) is 46.0 Å². The molecule has 1 aromatic carbocycles. The molecule has 0 saturated carbocycles. The van der Waals surface area contributed by atoms with Crippen molar-refractivity contribution in [3.63, 3.8) is 0 Å². The third kappa shape index (κ3) is 3.83. The molecule has 1 unspecified atom stereocenters. The molecule has 6 heteroatoms. The van der Waals surface area contributed by atoms with Crippen LogP contribution in [-0.4, -0.2) is 47.8 Å². The molecule has 5 nitrogen and oxygen atoms in total. The van der Waals surface area contributed by atoms with E-state index in [1.165, 1.54) is 12.3 Å². The fourth-order valence-electron chi connectivity index (χ4n) is 3.16. The number of carbonyl (C=O) groups is 1. The smallest absolute Gasteiger partial charge is 0.410 e. The number of halogens is 1. The van der Waals surface area contributed by atoms with E-state index in [4.69, 9.17) is 4.74 Å². The molecule has 1 amide bonds. The van der Waals surface area contributed by atoms with E-state index in [0.717, 1.165) is 23.0 Å². The number of likely N-dealkylation sites (N-methyl/N-ethyl adjacent to an activating group) is 1. The topological polar surface area (TPSA) is 45.7 Å². The van der Waals surface area contributed by atoms with Crippen LogP contribution in [0, 0.1) is 5.82 Å². The van der Waals surface area contributed by atoms with Gasteiger partial charge >= 0.3 is 6.09 Å². The Morgan fingerprint density at radius 3 is 2.88 bits per heavy atom. The minimum atomic E-state index is -0.500. The summed E-state index contributed by atoms with van der Waals surface area (Å²) in [5.41, 5.74) is 1.17. The monoisotopic (exact) mass is 345 g/mol. The van der Waals surface area contributed by atoms with Gasteiger partial charge in [0, 0.05) is 37.3 Å². The molecule has 1 aliphatic heterocycles. The first kappa shape index (κ1) is 17.5. The summed E-state index contributed by atoms with van der Waals surface area (Å²) in [4.78, 5) is 20.2. The Labute approximate surface area is 147 Å². The number of ether oxygens (including phenoxy) is 1. The van der Waals surface area contributed by atoms with Crippen LogP contribution in [0.3, 0.4) is 0 Å². The minimum Gasteiger partial charge on any atom is -0.444 e. The number of benzene rings is 1. The van der Waals surface area contributed by atoms with Gasteiger partial charge in [0.15, 0.2) is 0 Å². The minimum absolute atomic E-state index is 0.154. The predicted octanol–water partition coefficient (Wildman–Crippen LogP) is 3.82. The van der Waals surface area contributed by atoms with Crippen LogP contribution in [0.15, 0.2) is 30.5 Å². The van der Waals surface area contributed by atoms with Crippen LogP contribution >= 0.6 is 0 Å². The van der Waals surface area contributed by atoms with Crippen molar-refractivity contribution in [1.82, 2.24) is 9.88 Å². The number of pyridine rings is 1. The summed E-state index contributed by atoms with van der Waals surface area (Å²) in [7, 11) is 1.98. The number of aromatic nitrogens is 1. The molecule has 25 heavy (non-hydrogen) atoms. The highest BCUT2D eigenvalue weighted by Gasteiger charge is 2.32. The average molecular weight is 345 g/mol. The van der Waals surface area contributed by atoms with Crippen molar-refractivity contribution in [3.8, 4) is 0 Å². The molecule has 2 aromatic rings. The van der Waals surface area contributed by atoms with Crippen LogP contribution in [0.5, 0.6) is 0 Å². The number of likely N-dealkylation sites (tertiary alicyclic amines) is 1. The molecule has 0 aliphatic carbocycles. The number of nitrogens with zero attached hydrogens (tertiary/aromatic N) is 3. The predicted molar refractivity (Wildman–Crippen MR) is 96.3 cm³/mol. The van der Waals surface area contributed by atoms with E-state index >= 15 is 0 Å². The van der Waals surface area contributed by atoms with Crippen molar-refractivity contribution in [2.45, 2.75) is 38.8 Å². The molecule has 0 spiro atoms. The maximum Gasteiger partial charge on any atom is 0.410 e. The van der Waals surface area contributed by atoms with E-state index < -0.39 is 5.60 Å². The Morgan fingerprint density at radius 1 is 1.40 bits per heavy atom. The first-order valence-electron chi connectivity index (χ1n) is 8.49. The van der Waals surface area contributed by atoms with Gasteiger partial charge in [-0.2, -0.15) is 0 Å². The SMILES string of the molecule is CN(c1cccc2ncc(F)cc12)C1CCN(C(=O)OC(C)(C)C)C1. The molecular formula is C19H24FN3O2. The largest absolute Gasteiger partial charge is 0.444 e. The molecule has 2 heterocycles. The summed E-state index contributed by atoms with van der Waals surface area (Å²) in [6, 6.07) is 7.41. The highest BCUT2D eigenvalue weighted by Crippen LogP contribution is 2.29. The number of carbonyl (C=O) groups excluding carboxylic acids is 1. The second-order valence-electron chi connectivity index (χ2n) is 7.48. The van der Waals surface area contributed by atoms with Gasteiger partial charge in [0.1, 0.15) is 11.4 Å². The van der Waals surface area contributed by atoms with Crippen LogP contribution in [-0.2, 0) is 4.74 Å². The van der Waals surface area contributed by atoms with Gasteiger partial charge in [-0.05, 0) is 45.4 Å². The average Bonchev–Trinajstić information content (AvgIpc) is 3.02. The fraction of sp³-hybridized carbons (Fsp3) is 0.474. The number of anilines is 1. The summed E-state index contributed by atoms with van der Waals surface area (Å²) in [5.74, 6) is -0.352. The third-order valence-corrected chi connectivity index (χ3v) is 4.41. The Morgan fingerprint density at radius 2 is 2.16 bits per heavy atom. The van der Waals surface area contributed by atoms with Crippen molar-refractivity contribution in [2.24, 2.45) is 0 Å². The van der Waals surface area contributed by atoms with E-state index in [0.29, 0.717) is 13.1 Å². The first-order chi connectivity index (χ1) is 11.7. The zero-order valence-electron chi connectivity index (χ0n) is 15.1. The molecule has 134 valence electrons. The van der Waals surface area contributed by atoms with Crippen molar-refractivity contribution in [1.29, 1.82) is 0 Å². The maximum absolute atomic E-state index is 13.6. The van der Waals surface area contributed by atoms with E-state index in [9.17, 15) is 9.18 Å². The lowest BCUT2D eigenvalue weighted by molar-refractivity contribution is 0.0292. The maximum atomic E-state index is 13.6. The second kappa shape index (κ2) is 6.50. The van der Waals surface area contributed by atoms with E-state index in [1.54, 1.807) is 4.90 Å². The van der Waals surface area contributed by atoms with Crippen molar-refractivity contribution in [2.75, 3.05) is 25.0 Å². The number of hydrogen-bond donors (Lipinski definition) is 0. The molecule has 3 rings (SSSR count). The van der Waals surface area contributed by atoms with Gasteiger partial charge in [0.05, 0.1) is 11.7 Å². The lowest BCUT2D eigenvalue weighted by Crippen LogP contribution is -2.39. The highest BCUT2D eigenvalue weighted by molar-refractivity contribution is 5.91. The highest BCUT2D eigenvalue weighted by atomic mass is 19.1. The summed E-state index contributed by atoms with van der Waals surface area (Å²) in [5, 5.41) is 0.778. The molecule has 0 N–H and O–H groups in total. The van der Waals surface area contributed by atoms with Gasteiger partial charge in [0.2, 0.25) is 0 Å². The lowest BCUT2D eigenvalue weighted by atomic mass is 10.1. The Kier molecular flexibility index (Phi) is 4.54. The molecule has 0 radical (unpaired) electrons. The summed E-state index contributed by atoms with van der Waals surface area (Å²) in [6.07, 6.45) is 1.79. The Bertz CT molecular complexity index is 788. The Hall–Kier alpha value is -2.37. The Balaban J connectivity index is 1.78. The zero-order chi connectivity index (χ0) is 18.2. The first-order valence-corrected chi connectivity index (χ1v) is 8.49. The quantitative estimate of drug-likeness (QED) is 0.830. The van der Waals surface area contributed by atoms with Gasteiger partial charge in [-0.3, -0.25) is 4.98 Å². The van der Waals surface area contributed by atoms with Crippen LogP contribution < -0.4 is 4.90 Å². The van der Waals surface area contributed by atoms with Crippen LogP contribution in [0.2, 0.25) is 0 Å². The number of amides is 1. The van der Waals surface area contributed by atoms with E-state index in [-0.39, 0.29) is 18.0 Å². The molecular weight excluding hydrogens is 321 g/mol. The molecule has 0 bridgehead atoms. The van der Waals surface area contributed by atoms with Gasteiger partial charge in [-0.25, -0.2) is 9.18 Å². The van der Waals surface area contributed by atoms with Gasteiger partial charge in [0.25, 0.3) is 0 Å². The zero-order valence-corrected chi connectivity index (χ0v) is 15.1.